The zero-order chi connectivity index (χ0) is 18.3. The number of carbonyl (C=O) groups is 2. The predicted molar refractivity (Wildman–Crippen MR) is 97.1 cm³/mol. The molecule has 26 heavy (non-hydrogen) atoms. The molecule has 0 aliphatic carbocycles. The van der Waals surface area contributed by atoms with Crippen LogP contribution < -0.4 is 0 Å². The highest BCUT2D eigenvalue weighted by molar-refractivity contribution is 8.27. The quantitative estimate of drug-likeness (QED) is 0.843. The van der Waals surface area contributed by atoms with Crippen LogP contribution in [0.1, 0.15) is 26.5 Å². The first-order chi connectivity index (χ1) is 12.5. The van der Waals surface area contributed by atoms with Gasteiger partial charge in [-0.1, -0.05) is 6.07 Å². The summed E-state index contributed by atoms with van der Waals surface area (Å²) in [6.45, 7) is 1.67. The number of rotatable bonds is 2. The number of amides is 2. The summed E-state index contributed by atoms with van der Waals surface area (Å²) in [5.41, 5.74) is 1.01. The lowest BCUT2D eigenvalue weighted by atomic mass is 10.1. The van der Waals surface area contributed by atoms with Crippen LogP contribution in [0, 0.1) is 0 Å². The van der Waals surface area contributed by atoms with Gasteiger partial charge in [-0.15, -0.1) is 10.6 Å². The van der Waals surface area contributed by atoms with Gasteiger partial charge in [0.25, 0.3) is 11.8 Å². The lowest BCUT2D eigenvalue weighted by molar-refractivity contribution is 0.0518. The van der Waals surface area contributed by atoms with Crippen LogP contribution in [0.2, 0.25) is 0 Å². The molecule has 0 radical (unpaired) electrons. The van der Waals surface area contributed by atoms with Crippen molar-refractivity contribution in [2.45, 2.75) is 4.90 Å². The van der Waals surface area contributed by atoms with Crippen LogP contribution in [0.5, 0.6) is 0 Å². The van der Waals surface area contributed by atoms with Crippen LogP contribution in [-0.4, -0.2) is 56.9 Å². The Labute approximate surface area is 151 Å². The number of nitrogens with zero attached hydrogens (tertiary/aromatic N) is 2. The summed E-state index contributed by atoms with van der Waals surface area (Å²) in [5.74, 6) is -0.0609. The van der Waals surface area contributed by atoms with Crippen molar-refractivity contribution < 1.29 is 23.1 Å². The number of fused-ring (bicyclic) bond motifs is 1. The van der Waals surface area contributed by atoms with Crippen molar-refractivity contribution in [1.82, 2.24) is 9.80 Å². The van der Waals surface area contributed by atoms with Crippen molar-refractivity contribution in [3.05, 3.63) is 58.9 Å². The van der Waals surface area contributed by atoms with Gasteiger partial charge in [-0.05, 0) is 30.3 Å². The Kier molecular flexibility index (Phi) is 4.10. The molecule has 4 rings (SSSR count). The summed E-state index contributed by atoms with van der Waals surface area (Å²) in [6.07, 6.45) is 3.05. The fourth-order valence-corrected chi connectivity index (χ4v) is 4.49. The minimum atomic E-state index is -2.95. The van der Waals surface area contributed by atoms with E-state index >= 15 is 0 Å². The van der Waals surface area contributed by atoms with Gasteiger partial charge in [0, 0.05) is 42.7 Å². The molecule has 2 aliphatic rings. The van der Waals surface area contributed by atoms with Gasteiger partial charge in [0.15, 0.2) is 5.76 Å². The minimum absolute atomic E-state index is 0.173. The Hall–Kier alpha value is -2.55. The molecule has 1 fully saturated rings. The molecule has 136 valence electrons. The van der Waals surface area contributed by atoms with Gasteiger partial charge in [-0.3, -0.25) is 18.7 Å². The first kappa shape index (κ1) is 16.9. The highest BCUT2D eigenvalue weighted by atomic mass is 32.3. The molecule has 0 unspecified atom stereocenters. The molecule has 1 aromatic heterocycles. The van der Waals surface area contributed by atoms with E-state index in [1.807, 2.05) is 0 Å². The summed E-state index contributed by atoms with van der Waals surface area (Å²) in [5, 5.41) is 1.34. The third kappa shape index (κ3) is 2.82. The maximum Gasteiger partial charge on any atom is 0.289 e. The topological polar surface area (TPSA) is 94.2 Å². The van der Waals surface area contributed by atoms with Crippen molar-refractivity contribution >= 4 is 28.5 Å². The van der Waals surface area contributed by atoms with Gasteiger partial charge in [0.2, 0.25) is 0 Å². The van der Waals surface area contributed by atoms with Crippen molar-refractivity contribution in [3.63, 3.8) is 0 Å². The van der Waals surface area contributed by atoms with Crippen LogP contribution in [0.3, 0.4) is 0 Å². The second-order valence-electron chi connectivity index (χ2n) is 6.17. The average molecular weight is 374 g/mol. The van der Waals surface area contributed by atoms with E-state index in [0.717, 1.165) is 0 Å². The number of hydrogen-bond acceptors (Lipinski definition) is 5. The SMILES string of the molecule is O=C(c1ccco1)N1CCN(C(=O)c2cccc3c2C=CS3(O)O)CC1. The van der Waals surface area contributed by atoms with Gasteiger partial charge in [0.05, 0.1) is 11.2 Å². The average Bonchev–Trinajstić information content (AvgIpc) is 3.29. The molecule has 2 amide bonds. The maximum absolute atomic E-state index is 12.9. The number of furan rings is 1. The first-order valence-corrected chi connectivity index (χ1v) is 9.80. The fourth-order valence-electron chi connectivity index (χ4n) is 3.24. The normalized spacial score (nSPS) is 19.3. The monoisotopic (exact) mass is 374 g/mol. The molecule has 1 aromatic carbocycles. The van der Waals surface area contributed by atoms with Gasteiger partial charge in [-0.25, -0.2) is 0 Å². The van der Waals surface area contributed by atoms with E-state index in [2.05, 4.69) is 0 Å². The molecule has 7 nitrogen and oxygen atoms in total. The first-order valence-electron chi connectivity index (χ1n) is 8.19. The van der Waals surface area contributed by atoms with E-state index in [0.29, 0.717) is 48.0 Å². The maximum atomic E-state index is 12.9. The standard InChI is InChI=1S/C18H18N2O5S/c21-17(14-3-1-5-16-13(14)6-12-26(16,23)24)19-7-9-20(10-8-19)18(22)15-4-2-11-25-15/h1-6,11-12,23-24H,7-10H2. The van der Waals surface area contributed by atoms with Crippen LogP contribution in [0.4, 0.5) is 0 Å². The number of carbonyl (C=O) groups excluding carboxylic acids is 2. The van der Waals surface area contributed by atoms with E-state index < -0.39 is 10.6 Å². The molecule has 3 heterocycles. The summed E-state index contributed by atoms with van der Waals surface area (Å²) < 4.78 is 25.2. The molecule has 1 saturated heterocycles. The molecular weight excluding hydrogens is 356 g/mol. The number of benzene rings is 1. The zero-order valence-electron chi connectivity index (χ0n) is 13.9. The second kappa shape index (κ2) is 6.31. The van der Waals surface area contributed by atoms with Crippen LogP contribution in [0.15, 0.2) is 51.3 Å². The lowest BCUT2D eigenvalue weighted by Gasteiger charge is -2.34. The summed E-state index contributed by atoms with van der Waals surface area (Å²) in [7, 11) is -2.95. The minimum Gasteiger partial charge on any atom is -0.459 e. The van der Waals surface area contributed by atoms with Crippen molar-refractivity contribution in [2.24, 2.45) is 0 Å². The van der Waals surface area contributed by atoms with Crippen LogP contribution >= 0.6 is 10.6 Å². The smallest absolute Gasteiger partial charge is 0.289 e. The summed E-state index contributed by atoms with van der Waals surface area (Å²) in [4.78, 5) is 28.9. The Bertz CT molecular complexity index is 883. The highest BCUT2D eigenvalue weighted by Gasteiger charge is 2.30. The molecule has 2 aromatic rings. The van der Waals surface area contributed by atoms with Crippen LogP contribution in [0.25, 0.3) is 6.08 Å². The van der Waals surface area contributed by atoms with E-state index in [4.69, 9.17) is 4.42 Å². The number of hydrogen-bond donors (Lipinski definition) is 2. The Morgan fingerprint density at radius 2 is 1.65 bits per heavy atom. The zero-order valence-corrected chi connectivity index (χ0v) is 14.7. The van der Waals surface area contributed by atoms with Crippen molar-refractivity contribution in [1.29, 1.82) is 0 Å². The predicted octanol–water partition coefficient (Wildman–Crippen LogP) is 2.97. The summed E-state index contributed by atoms with van der Waals surface area (Å²) in [6, 6.07) is 8.26. The Balaban J connectivity index is 1.48. The van der Waals surface area contributed by atoms with E-state index in [1.165, 1.54) is 11.7 Å². The van der Waals surface area contributed by atoms with Gasteiger partial charge < -0.3 is 14.2 Å². The molecule has 0 saturated carbocycles. The lowest BCUT2D eigenvalue weighted by Crippen LogP contribution is -2.50. The van der Waals surface area contributed by atoms with Gasteiger partial charge >= 0.3 is 0 Å². The molecule has 0 spiro atoms. The van der Waals surface area contributed by atoms with E-state index in [1.54, 1.807) is 46.2 Å². The Morgan fingerprint density at radius 1 is 0.962 bits per heavy atom. The fraction of sp³-hybridized carbons (Fsp3) is 0.222. The van der Waals surface area contributed by atoms with E-state index in [-0.39, 0.29) is 11.8 Å². The molecule has 2 N–H and O–H groups in total. The van der Waals surface area contributed by atoms with E-state index in [9.17, 15) is 18.7 Å². The van der Waals surface area contributed by atoms with Crippen molar-refractivity contribution in [2.75, 3.05) is 26.2 Å². The van der Waals surface area contributed by atoms with Gasteiger partial charge in [0.1, 0.15) is 0 Å². The number of piperazine rings is 1. The third-order valence-electron chi connectivity index (χ3n) is 4.63. The molecular formula is C18H18N2O5S. The Morgan fingerprint density at radius 3 is 2.31 bits per heavy atom. The van der Waals surface area contributed by atoms with Crippen molar-refractivity contribution in [3.8, 4) is 0 Å². The second-order valence-corrected chi connectivity index (χ2v) is 8.07. The third-order valence-corrected chi connectivity index (χ3v) is 6.15. The molecule has 0 bridgehead atoms. The summed E-state index contributed by atoms with van der Waals surface area (Å²) >= 11 is 0. The molecule has 8 heteroatoms. The molecule has 2 aliphatic heterocycles. The molecule has 0 atom stereocenters. The largest absolute Gasteiger partial charge is 0.459 e. The van der Waals surface area contributed by atoms with Gasteiger partial charge in [-0.2, -0.15) is 0 Å². The van der Waals surface area contributed by atoms with Crippen LogP contribution in [-0.2, 0) is 0 Å². The highest BCUT2D eigenvalue weighted by Crippen LogP contribution is 2.56.